The second-order valence-electron chi connectivity index (χ2n) is 5.87. The van der Waals surface area contributed by atoms with Gasteiger partial charge in [-0.25, -0.2) is 0 Å². The molecule has 0 saturated heterocycles. The van der Waals surface area contributed by atoms with Gasteiger partial charge in [-0.2, -0.15) is 0 Å². The molecule has 0 fully saturated rings. The average molecular weight is 342 g/mol. The minimum atomic E-state index is 0.696. The molecular weight excluding hydrogens is 314 g/mol. The summed E-state index contributed by atoms with van der Waals surface area (Å²) in [7, 11) is 1.70. The van der Waals surface area contributed by atoms with Crippen LogP contribution < -0.4 is 10.1 Å². The zero-order valence-corrected chi connectivity index (χ0v) is 14.8. The SMILES string of the molecule is CCCNCC(Cc1ccc(OC)c(Br)c1)CC(C)C. The lowest BCUT2D eigenvalue weighted by atomic mass is 9.91. The second kappa shape index (κ2) is 9.41. The molecule has 1 N–H and O–H groups in total. The molecule has 114 valence electrons. The van der Waals surface area contributed by atoms with E-state index in [0.29, 0.717) is 5.92 Å². The van der Waals surface area contributed by atoms with Gasteiger partial charge in [0.05, 0.1) is 11.6 Å². The number of hydrogen-bond acceptors (Lipinski definition) is 2. The van der Waals surface area contributed by atoms with Crippen molar-refractivity contribution in [3.63, 3.8) is 0 Å². The Labute approximate surface area is 132 Å². The topological polar surface area (TPSA) is 21.3 Å². The second-order valence-corrected chi connectivity index (χ2v) is 6.73. The summed E-state index contributed by atoms with van der Waals surface area (Å²) in [4.78, 5) is 0. The Kier molecular flexibility index (Phi) is 8.24. The summed E-state index contributed by atoms with van der Waals surface area (Å²) < 4.78 is 6.33. The summed E-state index contributed by atoms with van der Waals surface area (Å²) in [5, 5.41) is 3.56. The standard InChI is InChI=1S/C17H28BrNO/c1-5-8-19-12-15(9-13(2)3)10-14-6-7-17(20-4)16(18)11-14/h6-7,11,13,15,19H,5,8-10,12H2,1-4H3. The van der Waals surface area contributed by atoms with Gasteiger partial charge in [-0.05, 0) is 77.8 Å². The molecule has 0 radical (unpaired) electrons. The van der Waals surface area contributed by atoms with E-state index in [9.17, 15) is 0 Å². The smallest absolute Gasteiger partial charge is 0.133 e. The van der Waals surface area contributed by atoms with Crippen LogP contribution >= 0.6 is 15.9 Å². The van der Waals surface area contributed by atoms with Crippen molar-refractivity contribution in [3.8, 4) is 5.75 Å². The molecule has 1 atom stereocenters. The first-order chi connectivity index (χ1) is 9.56. The van der Waals surface area contributed by atoms with Gasteiger partial charge in [0.15, 0.2) is 0 Å². The molecule has 20 heavy (non-hydrogen) atoms. The Hall–Kier alpha value is -0.540. The van der Waals surface area contributed by atoms with Gasteiger partial charge in [-0.15, -0.1) is 0 Å². The van der Waals surface area contributed by atoms with Crippen molar-refractivity contribution in [2.45, 2.75) is 40.0 Å². The monoisotopic (exact) mass is 341 g/mol. The molecule has 0 heterocycles. The summed E-state index contributed by atoms with van der Waals surface area (Å²) in [5.41, 5.74) is 1.38. The van der Waals surface area contributed by atoms with Crippen LogP contribution in [-0.2, 0) is 6.42 Å². The number of ether oxygens (including phenoxy) is 1. The quantitative estimate of drug-likeness (QED) is 0.659. The molecule has 1 aromatic carbocycles. The maximum atomic E-state index is 5.29. The molecule has 2 nitrogen and oxygen atoms in total. The molecule has 0 aliphatic carbocycles. The molecule has 0 saturated carbocycles. The van der Waals surface area contributed by atoms with Crippen LogP contribution in [0.25, 0.3) is 0 Å². The van der Waals surface area contributed by atoms with Gasteiger partial charge in [0, 0.05) is 0 Å². The Morgan fingerprint density at radius 1 is 1.30 bits per heavy atom. The van der Waals surface area contributed by atoms with Gasteiger partial charge < -0.3 is 10.1 Å². The molecule has 0 aromatic heterocycles. The maximum Gasteiger partial charge on any atom is 0.133 e. The van der Waals surface area contributed by atoms with Crippen molar-refractivity contribution in [3.05, 3.63) is 28.2 Å². The summed E-state index contributed by atoms with van der Waals surface area (Å²) in [6.07, 6.45) is 3.58. The third-order valence-electron chi connectivity index (χ3n) is 3.41. The number of halogens is 1. The highest BCUT2D eigenvalue weighted by atomic mass is 79.9. The van der Waals surface area contributed by atoms with Gasteiger partial charge in [0.1, 0.15) is 5.75 Å². The van der Waals surface area contributed by atoms with E-state index in [0.717, 1.165) is 35.7 Å². The number of rotatable bonds is 9. The highest BCUT2D eigenvalue weighted by Gasteiger charge is 2.12. The van der Waals surface area contributed by atoms with Crippen LogP contribution in [0, 0.1) is 11.8 Å². The van der Waals surface area contributed by atoms with Crippen molar-refractivity contribution in [1.29, 1.82) is 0 Å². The minimum Gasteiger partial charge on any atom is -0.496 e. The highest BCUT2D eigenvalue weighted by molar-refractivity contribution is 9.10. The third-order valence-corrected chi connectivity index (χ3v) is 4.02. The molecule has 0 aliphatic heterocycles. The first-order valence-corrected chi connectivity index (χ1v) is 8.39. The van der Waals surface area contributed by atoms with Gasteiger partial charge in [-0.3, -0.25) is 0 Å². The Morgan fingerprint density at radius 3 is 2.60 bits per heavy atom. The van der Waals surface area contributed by atoms with Crippen molar-refractivity contribution in [1.82, 2.24) is 5.32 Å². The largest absolute Gasteiger partial charge is 0.496 e. The van der Waals surface area contributed by atoms with Crippen LogP contribution in [0.1, 0.15) is 39.2 Å². The van der Waals surface area contributed by atoms with Crippen molar-refractivity contribution < 1.29 is 4.74 Å². The zero-order chi connectivity index (χ0) is 15.0. The predicted octanol–water partition coefficient (Wildman–Crippen LogP) is 4.66. The molecule has 0 aliphatic rings. The average Bonchev–Trinajstić information content (AvgIpc) is 2.38. The highest BCUT2D eigenvalue weighted by Crippen LogP contribution is 2.27. The minimum absolute atomic E-state index is 0.696. The van der Waals surface area contributed by atoms with Crippen LogP contribution in [0.2, 0.25) is 0 Å². The van der Waals surface area contributed by atoms with Crippen LogP contribution in [0.5, 0.6) is 5.75 Å². The fourth-order valence-electron chi connectivity index (χ4n) is 2.56. The lowest BCUT2D eigenvalue weighted by Gasteiger charge is -2.20. The molecule has 0 amide bonds. The maximum absolute atomic E-state index is 5.29. The molecular formula is C17H28BrNO. The first kappa shape index (κ1) is 17.5. The lowest BCUT2D eigenvalue weighted by molar-refractivity contribution is 0.384. The van der Waals surface area contributed by atoms with Crippen LogP contribution in [0.15, 0.2) is 22.7 Å². The van der Waals surface area contributed by atoms with Crippen molar-refractivity contribution >= 4 is 15.9 Å². The number of hydrogen-bond donors (Lipinski definition) is 1. The van der Waals surface area contributed by atoms with E-state index < -0.39 is 0 Å². The van der Waals surface area contributed by atoms with E-state index in [1.807, 2.05) is 6.07 Å². The number of nitrogens with one attached hydrogen (secondary N) is 1. The molecule has 1 rings (SSSR count). The van der Waals surface area contributed by atoms with Gasteiger partial charge in [0.2, 0.25) is 0 Å². The van der Waals surface area contributed by atoms with E-state index >= 15 is 0 Å². The molecule has 1 unspecified atom stereocenters. The zero-order valence-electron chi connectivity index (χ0n) is 13.2. The van der Waals surface area contributed by atoms with Crippen molar-refractivity contribution in [2.75, 3.05) is 20.2 Å². The molecule has 3 heteroatoms. The Bertz CT molecular complexity index is 393. The fourth-order valence-corrected chi connectivity index (χ4v) is 3.15. The van der Waals surface area contributed by atoms with Gasteiger partial charge in [-0.1, -0.05) is 26.8 Å². The van der Waals surface area contributed by atoms with Gasteiger partial charge in [0.25, 0.3) is 0 Å². The number of benzene rings is 1. The summed E-state index contributed by atoms with van der Waals surface area (Å²) in [5.74, 6) is 2.34. The van der Waals surface area contributed by atoms with E-state index in [-0.39, 0.29) is 0 Å². The summed E-state index contributed by atoms with van der Waals surface area (Å²) in [6.45, 7) is 9.04. The van der Waals surface area contributed by atoms with Crippen LogP contribution in [-0.4, -0.2) is 20.2 Å². The van der Waals surface area contributed by atoms with Crippen LogP contribution in [0.4, 0.5) is 0 Å². The van der Waals surface area contributed by atoms with Gasteiger partial charge >= 0.3 is 0 Å². The van der Waals surface area contributed by atoms with E-state index in [2.05, 4.69) is 54.2 Å². The molecule has 0 spiro atoms. The van der Waals surface area contributed by atoms with Crippen LogP contribution in [0.3, 0.4) is 0 Å². The normalized spacial score (nSPS) is 12.7. The van der Waals surface area contributed by atoms with E-state index in [1.54, 1.807) is 7.11 Å². The number of methoxy groups -OCH3 is 1. The van der Waals surface area contributed by atoms with E-state index in [4.69, 9.17) is 4.74 Å². The summed E-state index contributed by atoms with van der Waals surface area (Å²) >= 11 is 3.57. The Balaban J connectivity index is 2.65. The lowest BCUT2D eigenvalue weighted by Crippen LogP contribution is -2.26. The molecule has 1 aromatic rings. The Morgan fingerprint density at radius 2 is 2.05 bits per heavy atom. The summed E-state index contributed by atoms with van der Waals surface area (Å²) in [6, 6.07) is 6.41. The fraction of sp³-hybridized carbons (Fsp3) is 0.647. The third kappa shape index (κ3) is 6.27. The van der Waals surface area contributed by atoms with E-state index in [1.165, 1.54) is 18.4 Å². The molecule has 0 bridgehead atoms. The predicted molar refractivity (Wildman–Crippen MR) is 90.5 cm³/mol. The first-order valence-electron chi connectivity index (χ1n) is 7.59. The van der Waals surface area contributed by atoms with Crippen molar-refractivity contribution in [2.24, 2.45) is 11.8 Å².